The summed E-state index contributed by atoms with van der Waals surface area (Å²) in [5.74, 6) is 0. The average Bonchev–Trinajstić information content (AvgIpc) is 3.55. The largest absolute Gasteiger partial charge is 0.744 e. The number of benzene rings is 1. The molecule has 7 nitrogen and oxygen atoms in total. The van der Waals surface area contributed by atoms with Crippen LogP contribution < -0.4 is 4.57 Å². The minimum Gasteiger partial charge on any atom is -0.744 e. The maximum absolute atomic E-state index is 10.4. The molecule has 3 rings (SSSR count). The van der Waals surface area contributed by atoms with Crippen molar-refractivity contribution in [3.8, 4) is 0 Å². The van der Waals surface area contributed by atoms with Crippen molar-refractivity contribution in [1.29, 1.82) is 0 Å². The Morgan fingerprint density at radius 2 is 1.22 bits per heavy atom. The zero-order valence-electron chi connectivity index (χ0n) is 31.0. The lowest BCUT2D eigenvalue weighted by Crippen LogP contribution is -2.32. The summed E-state index contributed by atoms with van der Waals surface area (Å²) in [6, 6.07) is 12.1. The van der Waals surface area contributed by atoms with Gasteiger partial charge < -0.3 is 18.8 Å². The zero-order valence-corrected chi connectivity index (χ0v) is 31.9. The Balaban J connectivity index is 0.000000639. The topological polar surface area (TPSA) is 88.8 Å². The monoisotopic (exact) mass is 703 g/mol. The molecule has 1 saturated heterocycles. The van der Waals surface area contributed by atoms with Crippen LogP contribution in [0.1, 0.15) is 154 Å². The van der Waals surface area contributed by atoms with E-state index < -0.39 is 10.1 Å². The molecule has 2 atom stereocenters. The number of pyridine rings is 1. The van der Waals surface area contributed by atoms with Crippen LogP contribution in [0.15, 0.2) is 59.8 Å². The first-order valence-corrected chi connectivity index (χ1v) is 21.1. The Morgan fingerprint density at radius 3 is 1.78 bits per heavy atom. The van der Waals surface area contributed by atoms with Crippen molar-refractivity contribution < 1.29 is 31.7 Å². The summed E-state index contributed by atoms with van der Waals surface area (Å²) in [7, 11) is -4.27. The van der Waals surface area contributed by atoms with Crippen LogP contribution >= 0.6 is 0 Å². The third-order valence-electron chi connectivity index (χ3n) is 9.20. The quantitative estimate of drug-likeness (QED) is 0.0498. The molecular weight excluding hydrogens is 635 g/mol. The van der Waals surface area contributed by atoms with E-state index in [4.69, 9.17) is 14.2 Å². The first-order chi connectivity index (χ1) is 23.9. The van der Waals surface area contributed by atoms with E-state index in [0.717, 1.165) is 31.6 Å². The number of aromatic nitrogens is 1. The van der Waals surface area contributed by atoms with Gasteiger partial charge in [-0.15, -0.1) is 0 Å². The van der Waals surface area contributed by atoms with Crippen molar-refractivity contribution in [2.24, 2.45) is 0 Å². The molecule has 0 N–H and O–H groups in total. The lowest BCUT2D eigenvalue weighted by Gasteiger charge is -2.12. The van der Waals surface area contributed by atoms with E-state index in [9.17, 15) is 13.0 Å². The summed E-state index contributed by atoms with van der Waals surface area (Å²) >= 11 is 0. The van der Waals surface area contributed by atoms with E-state index in [-0.39, 0.29) is 17.3 Å². The minimum atomic E-state index is -4.27. The lowest BCUT2D eigenvalue weighted by atomic mass is 10.0. The van der Waals surface area contributed by atoms with Crippen LogP contribution in [-0.4, -0.2) is 45.2 Å². The van der Waals surface area contributed by atoms with Crippen LogP contribution in [0.5, 0.6) is 0 Å². The van der Waals surface area contributed by atoms with E-state index >= 15 is 0 Å². The molecule has 0 amide bonds. The molecule has 0 saturated carbocycles. The summed E-state index contributed by atoms with van der Waals surface area (Å²) < 4.78 is 51.2. The molecule has 2 aromatic rings. The van der Waals surface area contributed by atoms with Gasteiger partial charge in [0.1, 0.15) is 22.8 Å². The zero-order chi connectivity index (χ0) is 35.3. The minimum absolute atomic E-state index is 0.000350. The predicted octanol–water partition coefficient (Wildman–Crippen LogP) is 10.2. The van der Waals surface area contributed by atoms with Crippen molar-refractivity contribution in [3.63, 3.8) is 0 Å². The Labute approximate surface area is 300 Å². The van der Waals surface area contributed by atoms with E-state index in [0.29, 0.717) is 13.2 Å². The molecule has 0 aliphatic carbocycles. The molecule has 280 valence electrons. The second-order valence-electron chi connectivity index (χ2n) is 13.8. The SMILES string of the molecule is CCCCCCCCCCCCCCCCC[C@@H]1OC[C@@H](COCCCCCCCC[n+]2ccccc2)O1.Cc1ccc(S(=O)(=O)[O-])cc1. The van der Waals surface area contributed by atoms with E-state index in [1.165, 1.54) is 141 Å². The summed E-state index contributed by atoms with van der Waals surface area (Å²) in [6.45, 7) is 7.48. The fourth-order valence-electron chi connectivity index (χ4n) is 6.14. The molecule has 8 heteroatoms. The predicted molar refractivity (Wildman–Crippen MR) is 198 cm³/mol. The van der Waals surface area contributed by atoms with Gasteiger partial charge in [-0.05, 0) is 44.7 Å². The first-order valence-electron chi connectivity index (χ1n) is 19.7. The van der Waals surface area contributed by atoms with Gasteiger partial charge in [-0.1, -0.05) is 140 Å². The number of rotatable bonds is 28. The van der Waals surface area contributed by atoms with E-state index in [1.54, 1.807) is 12.1 Å². The van der Waals surface area contributed by atoms with Crippen molar-refractivity contribution >= 4 is 10.1 Å². The second kappa shape index (κ2) is 28.8. The summed E-state index contributed by atoms with van der Waals surface area (Å²) in [5.41, 5.74) is 0.928. The van der Waals surface area contributed by atoms with Crippen LogP contribution in [0, 0.1) is 6.92 Å². The van der Waals surface area contributed by atoms with E-state index in [1.807, 2.05) is 6.92 Å². The molecule has 0 unspecified atom stereocenters. The molecule has 1 aromatic carbocycles. The Hall–Kier alpha value is -1.84. The van der Waals surface area contributed by atoms with Crippen LogP contribution in [0.3, 0.4) is 0 Å². The average molecular weight is 704 g/mol. The van der Waals surface area contributed by atoms with Gasteiger partial charge >= 0.3 is 0 Å². The summed E-state index contributed by atoms with van der Waals surface area (Å²) in [5, 5.41) is 0. The molecule has 1 aliphatic rings. The maximum atomic E-state index is 10.4. The molecule has 1 aliphatic heterocycles. The highest BCUT2D eigenvalue weighted by molar-refractivity contribution is 7.85. The highest BCUT2D eigenvalue weighted by Gasteiger charge is 2.25. The molecule has 0 radical (unpaired) electrons. The third-order valence-corrected chi connectivity index (χ3v) is 10.1. The number of hydrogen-bond acceptors (Lipinski definition) is 6. The van der Waals surface area contributed by atoms with Gasteiger partial charge in [0.05, 0.1) is 18.1 Å². The third kappa shape index (κ3) is 24.1. The van der Waals surface area contributed by atoms with Gasteiger partial charge in [0.15, 0.2) is 18.7 Å². The van der Waals surface area contributed by atoms with E-state index in [2.05, 4.69) is 42.1 Å². The highest BCUT2D eigenvalue weighted by atomic mass is 32.2. The van der Waals surface area contributed by atoms with Crippen LogP contribution in [0.25, 0.3) is 0 Å². The fourth-order valence-corrected chi connectivity index (χ4v) is 6.61. The highest BCUT2D eigenvalue weighted by Crippen LogP contribution is 2.19. The smallest absolute Gasteiger partial charge is 0.168 e. The van der Waals surface area contributed by atoms with Gasteiger partial charge in [-0.3, -0.25) is 0 Å². The Morgan fingerprint density at radius 1 is 0.714 bits per heavy atom. The number of ether oxygens (including phenoxy) is 3. The summed E-state index contributed by atoms with van der Waals surface area (Å²) in [6.07, 6.45) is 34.2. The number of aryl methyl sites for hydroxylation is 2. The van der Waals surface area contributed by atoms with Gasteiger partial charge in [-0.25, -0.2) is 13.0 Å². The molecule has 1 aromatic heterocycles. The van der Waals surface area contributed by atoms with Gasteiger partial charge in [0, 0.05) is 25.2 Å². The van der Waals surface area contributed by atoms with Crippen molar-refractivity contribution in [2.45, 2.75) is 179 Å². The Kier molecular flexibility index (Phi) is 25.5. The molecule has 49 heavy (non-hydrogen) atoms. The van der Waals surface area contributed by atoms with Gasteiger partial charge in [0.2, 0.25) is 0 Å². The van der Waals surface area contributed by atoms with Crippen LogP contribution in [-0.2, 0) is 30.9 Å². The molecular formula is C41H69NO6S. The molecule has 0 spiro atoms. The fraction of sp³-hybridized carbons (Fsp3) is 0.732. The molecule has 2 heterocycles. The first kappa shape index (κ1) is 43.3. The van der Waals surface area contributed by atoms with Crippen molar-refractivity contribution in [3.05, 3.63) is 60.4 Å². The molecule has 1 fully saturated rings. The maximum Gasteiger partial charge on any atom is 0.168 e. The second-order valence-corrected chi connectivity index (χ2v) is 15.2. The Bertz CT molecular complexity index is 1130. The van der Waals surface area contributed by atoms with Gasteiger partial charge in [-0.2, -0.15) is 0 Å². The number of unbranched alkanes of at least 4 members (excludes halogenated alkanes) is 19. The normalized spacial score (nSPS) is 16.1. The lowest BCUT2D eigenvalue weighted by molar-refractivity contribution is -0.697. The van der Waals surface area contributed by atoms with Crippen LogP contribution in [0.4, 0.5) is 0 Å². The van der Waals surface area contributed by atoms with Crippen molar-refractivity contribution in [2.75, 3.05) is 19.8 Å². The summed E-state index contributed by atoms with van der Waals surface area (Å²) in [4.78, 5) is -0.178. The number of nitrogens with zero attached hydrogens (tertiary/aromatic N) is 1. The van der Waals surface area contributed by atoms with Gasteiger partial charge in [0.25, 0.3) is 0 Å². The van der Waals surface area contributed by atoms with Crippen molar-refractivity contribution in [1.82, 2.24) is 0 Å². The standard InChI is InChI=1S/C34H62NO3.C7H8O3S/c1-2-3-4-5-6-7-8-9-10-11-12-13-14-17-21-26-34-37-32-33(38-34)31-36-30-25-19-16-15-18-22-27-35-28-23-20-24-29-35;1-6-2-4-7(5-3-6)11(8,9)10/h20,23-24,28-29,33-34H,2-19,21-22,25-27,30-32H2,1H3;2-5H,1H3,(H,8,9,10)/q+1;/p-1/t33-,34-;/m1./s1. The van der Waals surface area contributed by atoms with Crippen LogP contribution in [0.2, 0.25) is 0 Å². The number of hydrogen-bond donors (Lipinski definition) is 0. The molecule has 0 bridgehead atoms.